The summed E-state index contributed by atoms with van der Waals surface area (Å²) in [5.41, 5.74) is 2.16. The minimum absolute atomic E-state index is 0.0172. The van der Waals surface area contributed by atoms with E-state index in [4.69, 9.17) is 0 Å². The van der Waals surface area contributed by atoms with E-state index < -0.39 is 17.8 Å². The molecule has 0 spiro atoms. The first kappa shape index (κ1) is 18.4. The summed E-state index contributed by atoms with van der Waals surface area (Å²) >= 11 is 0. The van der Waals surface area contributed by atoms with Crippen LogP contribution in [0.15, 0.2) is 34.9 Å². The molecule has 3 nitrogen and oxygen atoms in total. The van der Waals surface area contributed by atoms with Crippen molar-refractivity contribution in [1.82, 2.24) is 0 Å². The van der Waals surface area contributed by atoms with Crippen LogP contribution in [0.25, 0.3) is 0 Å². The van der Waals surface area contributed by atoms with E-state index in [-0.39, 0.29) is 11.8 Å². The summed E-state index contributed by atoms with van der Waals surface area (Å²) in [5.74, 6) is 0.404. The molecule has 1 fully saturated rings. The Bertz CT molecular complexity index is 525. The zero-order chi connectivity index (χ0) is 17.4. The summed E-state index contributed by atoms with van der Waals surface area (Å²) in [6, 6.07) is 0. The highest BCUT2D eigenvalue weighted by atomic mass is 16.3. The van der Waals surface area contributed by atoms with Crippen LogP contribution >= 0.6 is 0 Å². The minimum Gasteiger partial charge on any atom is -0.390 e. The van der Waals surface area contributed by atoms with Gasteiger partial charge in [0, 0.05) is 5.92 Å². The predicted octanol–water partition coefficient (Wildman–Crippen LogP) is 3.36. The van der Waals surface area contributed by atoms with Crippen LogP contribution in [0.5, 0.6) is 0 Å². The van der Waals surface area contributed by atoms with Crippen LogP contribution < -0.4 is 0 Å². The molecule has 130 valence electrons. The highest BCUT2D eigenvalue weighted by Crippen LogP contribution is 2.46. The van der Waals surface area contributed by atoms with E-state index in [1.54, 1.807) is 0 Å². The summed E-state index contributed by atoms with van der Waals surface area (Å²) in [7, 11) is 0. The molecular formula is C20H32O3. The van der Waals surface area contributed by atoms with E-state index in [0.29, 0.717) is 5.92 Å². The summed E-state index contributed by atoms with van der Waals surface area (Å²) in [5, 5.41) is 32.0. The van der Waals surface area contributed by atoms with Crippen molar-refractivity contribution in [2.24, 2.45) is 17.8 Å². The highest BCUT2D eigenvalue weighted by Gasteiger charge is 2.44. The van der Waals surface area contributed by atoms with Gasteiger partial charge < -0.3 is 15.3 Å². The van der Waals surface area contributed by atoms with Crippen LogP contribution in [0.1, 0.15) is 53.9 Å². The van der Waals surface area contributed by atoms with E-state index in [9.17, 15) is 15.3 Å². The molecule has 2 rings (SSSR count). The Morgan fingerprint density at radius 3 is 2.30 bits per heavy atom. The van der Waals surface area contributed by atoms with Gasteiger partial charge in [0.25, 0.3) is 0 Å². The summed E-state index contributed by atoms with van der Waals surface area (Å²) in [4.78, 5) is 0. The van der Waals surface area contributed by atoms with Crippen molar-refractivity contribution < 1.29 is 15.3 Å². The molecule has 3 heteroatoms. The minimum atomic E-state index is -0.915. The van der Waals surface area contributed by atoms with Gasteiger partial charge >= 0.3 is 0 Å². The van der Waals surface area contributed by atoms with E-state index in [0.717, 1.165) is 30.4 Å². The predicted molar refractivity (Wildman–Crippen MR) is 93.9 cm³/mol. The van der Waals surface area contributed by atoms with Crippen molar-refractivity contribution in [3.05, 3.63) is 34.9 Å². The Hall–Kier alpha value is -0.900. The first-order chi connectivity index (χ1) is 10.6. The number of rotatable bonds is 1. The smallest absolute Gasteiger partial charge is 0.105 e. The van der Waals surface area contributed by atoms with Crippen molar-refractivity contribution in [3.8, 4) is 0 Å². The van der Waals surface area contributed by atoms with Crippen molar-refractivity contribution in [3.63, 3.8) is 0 Å². The fraction of sp³-hybridized carbons (Fsp3) is 0.700. The Labute approximate surface area is 140 Å². The molecule has 5 atom stereocenters. The second kappa shape index (κ2) is 6.92. The zero-order valence-electron chi connectivity index (χ0n) is 15.1. The van der Waals surface area contributed by atoms with Gasteiger partial charge in [0.2, 0.25) is 0 Å². The molecular weight excluding hydrogens is 288 g/mol. The van der Waals surface area contributed by atoms with Gasteiger partial charge in [-0.15, -0.1) is 0 Å². The zero-order valence-corrected chi connectivity index (χ0v) is 15.1. The van der Waals surface area contributed by atoms with Gasteiger partial charge in [0.15, 0.2) is 0 Å². The van der Waals surface area contributed by atoms with E-state index in [1.165, 1.54) is 5.57 Å². The Balaban J connectivity index is 2.54. The Morgan fingerprint density at radius 2 is 1.70 bits per heavy atom. The molecule has 0 saturated heterocycles. The second-order valence-electron chi connectivity index (χ2n) is 7.87. The van der Waals surface area contributed by atoms with Crippen molar-refractivity contribution in [1.29, 1.82) is 0 Å². The van der Waals surface area contributed by atoms with Gasteiger partial charge in [-0.2, -0.15) is 0 Å². The molecule has 0 bridgehead atoms. The van der Waals surface area contributed by atoms with E-state index in [2.05, 4.69) is 13.0 Å². The lowest BCUT2D eigenvalue weighted by Crippen LogP contribution is -2.35. The van der Waals surface area contributed by atoms with Gasteiger partial charge in [0.1, 0.15) is 12.2 Å². The third-order valence-electron chi connectivity index (χ3n) is 5.72. The average Bonchev–Trinajstić information content (AvgIpc) is 2.76. The van der Waals surface area contributed by atoms with Crippen LogP contribution in [0, 0.1) is 17.8 Å². The van der Waals surface area contributed by atoms with E-state index >= 15 is 0 Å². The lowest BCUT2D eigenvalue weighted by Gasteiger charge is -2.31. The molecule has 0 radical (unpaired) electrons. The van der Waals surface area contributed by atoms with Crippen LogP contribution in [-0.2, 0) is 0 Å². The number of aliphatic hydroxyl groups excluding tert-OH is 2. The van der Waals surface area contributed by atoms with Crippen molar-refractivity contribution in [2.45, 2.75) is 71.7 Å². The second-order valence-corrected chi connectivity index (χ2v) is 7.87. The molecule has 0 aliphatic heterocycles. The number of allylic oxidation sites excluding steroid dienone is 3. The van der Waals surface area contributed by atoms with Gasteiger partial charge in [-0.25, -0.2) is 0 Å². The van der Waals surface area contributed by atoms with Crippen LogP contribution in [0.3, 0.4) is 0 Å². The maximum atomic E-state index is 10.8. The maximum Gasteiger partial charge on any atom is 0.105 e. The lowest BCUT2D eigenvalue weighted by molar-refractivity contribution is 0.0295. The van der Waals surface area contributed by atoms with Gasteiger partial charge in [0.05, 0.1) is 5.60 Å². The third-order valence-corrected chi connectivity index (χ3v) is 5.72. The molecule has 0 unspecified atom stereocenters. The Morgan fingerprint density at radius 1 is 1.09 bits per heavy atom. The van der Waals surface area contributed by atoms with Gasteiger partial charge in [-0.3, -0.25) is 0 Å². The molecule has 1 saturated carbocycles. The quantitative estimate of drug-likeness (QED) is 0.649. The summed E-state index contributed by atoms with van der Waals surface area (Å²) in [6.45, 7) is 9.95. The fourth-order valence-electron chi connectivity index (χ4n) is 4.01. The largest absolute Gasteiger partial charge is 0.390 e. The Kier molecular flexibility index (Phi) is 5.55. The number of hydrogen-bond acceptors (Lipinski definition) is 3. The van der Waals surface area contributed by atoms with Gasteiger partial charge in [-0.05, 0) is 63.0 Å². The highest BCUT2D eigenvalue weighted by molar-refractivity contribution is 5.27. The fourth-order valence-corrected chi connectivity index (χ4v) is 4.01. The molecule has 0 aromatic carbocycles. The first-order valence-electron chi connectivity index (χ1n) is 8.78. The molecule has 2 aliphatic rings. The maximum absolute atomic E-state index is 10.8. The number of hydrogen-bond donors (Lipinski definition) is 3. The number of fused-ring (bicyclic) bond motifs is 1. The molecule has 3 N–H and O–H groups in total. The lowest BCUT2D eigenvalue weighted by atomic mass is 9.79. The van der Waals surface area contributed by atoms with Crippen LogP contribution in [0.2, 0.25) is 0 Å². The first-order valence-corrected chi connectivity index (χ1v) is 8.78. The summed E-state index contributed by atoms with van der Waals surface area (Å²) < 4.78 is 0. The van der Waals surface area contributed by atoms with Crippen molar-refractivity contribution in [2.75, 3.05) is 0 Å². The normalized spacial score (nSPS) is 46.0. The monoisotopic (exact) mass is 320 g/mol. The summed E-state index contributed by atoms with van der Waals surface area (Å²) in [6.07, 6.45) is 6.91. The third kappa shape index (κ3) is 3.78. The van der Waals surface area contributed by atoms with Crippen LogP contribution in [-0.4, -0.2) is 33.1 Å². The molecule has 2 aliphatic carbocycles. The topological polar surface area (TPSA) is 60.7 Å². The van der Waals surface area contributed by atoms with Gasteiger partial charge in [-0.1, -0.05) is 37.6 Å². The molecule has 0 aromatic heterocycles. The van der Waals surface area contributed by atoms with E-state index in [1.807, 2.05) is 39.8 Å². The molecule has 23 heavy (non-hydrogen) atoms. The standard InChI is InChI=1S/C20H32O3/c1-12(2)16-11-17-15(9-10-20(17,5)23)13(3)7-6-8-14(4)18(21)19(16)22/h7-8,11-12,15,17-19,21-23H,6,9-10H2,1-5H3/b13-7-,14-8+,16-11-/t15-,17+,18-,19-,20+/m1/s1. The van der Waals surface area contributed by atoms with Crippen LogP contribution in [0.4, 0.5) is 0 Å². The molecule has 0 amide bonds. The molecule has 0 aromatic rings. The SMILES string of the molecule is C/C1=C/C/C=C(\C)[C@@H](O)[C@H](O)/C(C(C)C)=C\[C@H]2[C@@H]1CC[C@]2(C)O. The average molecular weight is 320 g/mol. The molecule has 0 heterocycles. The number of aliphatic hydroxyl groups is 3. The van der Waals surface area contributed by atoms with Crippen molar-refractivity contribution >= 4 is 0 Å².